The van der Waals surface area contributed by atoms with E-state index >= 15 is 0 Å². The molecule has 2 aliphatic carbocycles. The van der Waals surface area contributed by atoms with Gasteiger partial charge >= 0.3 is 12.5 Å². The molecule has 5 saturated heterocycles. The minimum absolute atomic E-state index is 0.00101. The van der Waals surface area contributed by atoms with Crippen molar-refractivity contribution in [2.24, 2.45) is 28.1 Å². The highest BCUT2D eigenvalue weighted by molar-refractivity contribution is 5.91. The van der Waals surface area contributed by atoms with E-state index in [2.05, 4.69) is 23.9 Å². The maximum Gasteiger partial charge on any atom is 0.522 e. The maximum absolute atomic E-state index is 14.4. The Bertz CT molecular complexity index is 1330. The molecular weight excluding hydrogens is 673 g/mol. The Hall–Kier alpha value is -2.65. The normalized spacial score (nSPS) is 31.2. The standard InChI is InChI=1S/C36H55F3N4O8/c1-22(48-20-34-11-7-23(8-12-34)49-21-34)27(30(46)41-13-9-24(10-14-41)50-36(37,38)39)40-28(44)26-16-42(31(47)51-32(2,3)4)17-35(26)18-43(19-35)29(45)25-15-33(25,5)6/h22-27H,7-21H2,1-6H3,(H,40,44)/t22-,23?,25-,26+,27+,34?/m1/s1. The van der Waals surface area contributed by atoms with E-state index in [4.69, 9.17) is 14.2 Å². The third kappa shape index (κ3) is 8.45. The number of ether oxygens (including phenoxy) is 4. The fourth-order valence-corrected chi connectivity index (χ4v) is 8.71. The van der Waals surface area contributed by atoms with Crippen molar-refractivity contribution in [3.8, 4) is 0 Å². The van der Waals surface area contributed by atoms with Gasteiger partial charge in [0, 0.05) is 56.0 Å². The van der Waals surface area contributed by atoms with Gasteiger partial charge in [0.25, 0.3) is 0 Å². The van der Waals surface area contributed by atoms with E-state index in [1.165, 1.54) is 9.80 Å². The fourth-order valence-electron chi connectivity index (χ4n) is 8.71. The number of carbonyl (C=O) groups is 4. The van der Waals surface area contributed by atoms with Crippen LogP contribution in [-0.4, -0.2) is 127 Å². The van der Waals surface area contributed by atoms with Crippen molar-refractivity contribution < 1.29 is 51.3 Å². The van der Waals surface area contributed by atoms with Crippen molar-refractivity contribution in [3.05, 3.63) is 0 Å². The van der Waals surface area contributed by atoms with Crippen LogP contribution in [0.15, 0.2) is 0 Å². The van der Waals surface area contributed by atoms with E-state index in [1.807, 2.05) is 0 Å². The van der Waals surface area contributed by atoms with Gasteiger partial charge in [-0.3, -0.25) is 19.1 Å². The zero-order valence-electron chi connectivity index (χ0n) is 30.8. The van der Waals surface area contributed by atoms with E-state index in [9.17, 15) is 32.3 Å². The molecule has 2 bridgehead atoms. The van der Waals surface area contributed by atoms with Crippen LogP contribution in [0, 0.1) is 28.1 Å². The quantitative estimate of drug-likeness (QED) is 0.376. The van der Waals surface area contributed by atoms with E-state index in [0.29, 0.717) is 26.3 Å². The molecule has 5 aliphatic heterocycles. The Morgan fingerprint density at radius 1 is 0.922 bits per heavy atom. The summed E-state index contributed by atoms with van der Waals surface area (Å²) in [5.74, 6) is -1.65. The van der Waals surface area contributed by atoms with E-state index in [1.54, 1.807) is 32.6 Å². The molecule has 1 N–H and O–H groups in total. The van der Waals surface area contributed by atoms with Crippen LogP contribution in [0.2, 0.25) is 0 Å². The summed E-state index contributed by atoms with van der Waals surface area (Å²) in [4.78, 5) is 59.8. The highest BCUT2D eigenvalue weighted by atomic mass is 19.4. The summed E-state index contributed by atoms with van der Waals surface area (Å²) < 4.78 is 60.9. The van der Waals surface area contributed by atoms with Crippen LogP contribution >= 0.6 is 0 Å². The Labute approximate surface area is 298 Å². The second-order valence-electron chi connectivity index (χ2n) is 17.8. The van der Waals surface area contributed by atoms with Gasteiger partial charge in [0.15, 0.2) is 0 Å². The summed E-state index contributed by atoms with van der Waals surface area (Å²) in [5, 5.41) is 2.98. The highest BCUT2D eigenvalue weighted by Crippen LogP contribution is 2.55. The Kier molecular flexibility index (Phi) is 10.2. The van der Waals surface area contributed by atoms with Gasteiger partial charge in [-0.1, -0.05) is 13.8 Å². The van der Waals surface area contributed by atoms with Gasteiger partial charge in [-0.2, -0.15) is 0 Å². The molecule has 0 radical (unpaired) electrons. The van der Waals surface area contributed by atoms with Crippen LogP contribution < -0.4 is 5.32 Å². The minimum Gasteiger partial charge on any atom is -0.444 e. The predicted octanol–water partition coefficient (Wildman–Crippen LogP) is 4.10. The number of nitrogens with one attached hydrogen (secondary N) is 1. The Morgan fingerprint density at radius 3 is 2.06 bits per heavy atom. The van der Waals surface area contributed by atoms with E-state index in [0.717, 1.165) is 32.1 Å². The average molecular weight is 729 g/mol. The number of hydrogen-bond donors (Lipinski definition) is 1. The lowest BCUT2D eigenvalue weighted by atomic mass is 9.70. The third-order valence-corrected chi connectivity index (χ3v) is 12.1. The zero-order chi connectivity index (χ0) is 37.1. The number of nitrogens with zero attached hydrogens (tertiary/aromatic N) is 3. The molecule has 7 aliphatic rings. The number of rotatable bonds is 9. The highest BCUT2D eigenvalue weighted by Gasteiger charge is 2.62. The molecule has 4 atom stereocenters. The first-order valence-electron chi connectivity index (χ1n) is 18.5. The molecule has 1 spiro atoms. The summed E-state index contributed by atoms with van der Waals surface area (Å²) >= 11 is 0. The van der Waals surface area contributed by atoms with Crippen LogP contribution in [0.1, 0.15) is 86.5 Å². The van der Waals surface area contributed by atoms with Crippen molar-refractivity contribution in [1.29, 1.82) is 0 Å². The van der Waals surface area contributed by atoms with Gasteiger partial charge in [0.05, 0.1) is 37.4 Å². The van der Waals surface area contributed by atoms with Crippen molar-refractivity contribution in [3.63, 3.8) is 0 Å². The summed E-state index contributed by atoms with van der Waals surface area (Å²) in [6, 6.07) is -1.13. The van der Waals surface area contributed by atoms with Crippen LogP contribution in [0.3, 0.4) is 0 Å². The van der Waals surface area contributed by atoms with Gasteiger partial charge < -0.3 is 34.2 Å². The maximum atomic E-state index is 14.4. The molecule has 5 heterocycles. The van der Waals surface area contributed by atoms with Crippen molar-refractivity contribution in [2.45, 2.75) is 123 Å². The monoisotopic (exact) mass is 728 g/mol. The van der Waals surface area contributed by atoms with Crippen molar-refractivity contribution in [2.75, 3.05) is 52.5 Å². The van der Waals surface area contributed by atoms with Crippen molar-refractivity contribution in [1.82, 2.24) is 20.0 Å². The lowest BCUT2D eigenvalue weighted by molar-refractivity contribution is -0.345. The smallest absolute Gasteiger partial charge is 0.444 e. The molecule has 288 valence electrons. The lowest BCUT2D eigenvalue weighted by Crippen LogP contribution is -2.65. The number of hydrogen-bond acceptors (Lipinski definition) is 8. The molecular formula is C36H55F3N4O8. The van der Waals surface area contributed by atoms with Crippen LogP contribution in [0.4, 0.5) is 18.0 Å². The van der Waals surface area contributed by atoms with Crippen LogP contribution in [0.5, 0.6) is 0 Å². The lowest BCUT2D eigenvalue weighted by Gasteiger charge is -2.50. The van der Waals surface area contributed by atoms with Gasteiger partial charge in [0.2, 0.25) is 17.7 Å². The molecule has 7 fully saturated rings. The minimum atomic E-state index is -4.77. The number of alkyl halides is 3. The molecule has 0 aromatic rings. The average Bonchev–Trinajstić information content (AvgIpc) is 3.48. The topological polar surface area (TPSA) is 127 Å². The predicted molar refractivity (Wildman–Crippen MR) is 177 cm³/mol. The SMILES string of the molecule is C[C@@H](OCC12CCC(CC1)OC2)[C@H](NC(=O)[C@@H]1CN(C(=O)OC(C)(C)C)CC12CN(C(=O)[C@H]1CC1(C)C)C2)C(=O)N1CCC(OC(F)(F)F)CC1. The summed E-state index contributed by atoms with van der Waals surface area (Å²) in [5.41, 5.74) is -1.71. The summed E-state index contributed by atoms with van der Waals surface area (Å²) in [6.45, 7) is 13.0. The molecule has 2 saturated carbocycles. The number of likely N-dealkylation sites (tertiary alicyclic amines) is 3. The number of amides is 4. The second kappa shape index (κ2) is 13.6. The zero-order valence-corrected chi connectivity index (χ0v) is 30.8. The summed E-state index contributed by atoms with van der Waals surface area (Å²) in [6.07, 6.45) is -2.28. The summed E-state index contributed by atoms with van der Waals surface area (Å²) in [7, 11) is 0. The fraction of sp³-hybridized carbons (Fsp3) is 0.889. The molecule has 15 heteroatoms. The van der Waals surface area contributed by atoms with Gasteiger partial charge in [-0.25, -0.2) is 4.79 Å². The molecule has 12 nitrogen and oxygen atoms in total. The van der Waals surface area contributed by atoms with Crippen molar-refractivity contribution >= 4 is 23.8 Å². The first-order valence-corrected chi connectivity index (χ1v) is 18.5. The molecule has 4 amide bonds. The molecule has 0 aromatic heterocycles. The van der Waals surface area contributed by atoms with Gasteiger partial charge in [-0.15, -0.1) is 13.2 Å². The van der Waals surface area contributed by atoms with Crippen LogP contribution in [0.25, 0.3) is 0 Å². The largest absolute Gasteiger partial charge is 0.522 e. The molecule has 0 aromatic carbocycles. The number of carbonyl (C=O) groups excluding carboxylic acids is 4. The first kappa shape index (κ1) is 38.1. The third-order valence-electron chi connectivity index (χ3n) is 12.1. The van der Waals surface area contributed by atoms with Gasteiger partial charge in [-0.05, 0) is 78.1 Å². The molecule has 7 rings (SSSR count). The Morgan fingerprint density at radius 2 is 1.53 bits per heavy atom. The van der Waals surface area contributed by atoms with Crippen LogP contribution in [-0.2, 0) is 33.3 Å². The number of halogens is 3. The second-order valence-corrected chi connectivity index (χ2v) is 17.8. The number of fused-ring (bicyclic) bond motifs is 3. The Balaban J connectivity index is 1.18. The molecule has 51 heavy (non-hydrogen) atoms. The number of piperidine rings is 1. The molecule has 0 unspecified atom stereocenters. The first-order chi connectivity index (χ1) is 23.7. The van der Waals surface area contributed by atoms with E-state index < -0.39 is 59.5 Å². The van der Waals surface area contributed by atoms with E-state index in [-0.39, 0.29) is 67.8 Å². The van der Waals surface area contributed by atoms with Gasteiger partial charge in [0.1, 0.15) is 11.6 Å².